The van der Waals surface area contributed by atoms with Gasteiger partial charge in [0.2, 0.25) is 0 Å². The number of thiol groups is 1. The van der Waals surface area contributed by atoms with Crippen molar-refractivity contribution in [3.63, 3.8) is 0 Å². The number of nitrogens with zero attached hydrogens (tertiary/aromatic N) is 1. The van der Waals surface area contributed by atoms with Gasteiger partial charge in [-0.1, -0.05) is 44.2 Å². The number of benzene rings is 2. The van der Waals surface area contributed by atoms with E-state index >= 15 is 0 Å². The Labute approximate surface area is 196 Å². The van der Waals surface area contributed by atoms with E-state index in [0.717, 1.165) is 37.9 Å². The highest BCUT2D eigenvalue weighted by molar-refractivity contribution is 7.79. The van der Waals surface area contributed by atoms with Crippen LogP contribution in [0.25, 0.3) is 11.1 Å². The summed E-state index contributed by atoms with van der Waals surface area (Å²) in [4.78, 5) is 2.17. The molecular weight excluding hydrogens is 426 g/mol. The van der Waals surface area contributed by atoms with E-state index in [1.54, 1.807) is 12.3 Å². The van der Waals surface area contributed by atoms with E-state index < -0.39 is 17.9 Å². The molecule has 1 saturated carbocycles. The van der Waals surface area contributed by atoms with E-state index in [1.807, 2.05) is 18.2 Å². The van der Waals surface area contributed by atoms with Gasteiger partial charge in [-0.15, -0.1) is 0 Å². The largest absolute Gasteiger partial charge is 0.378 e. The second-order valence-electron chi connectivity index (χ2n) is 9.24. The van der Waals surface area contributed by atoms with Crippen LogP contribution in [-0.2, 0) is 0 Å². The summed E-state index contributed by atoms with van der Waals surface area (Å²) in [6.07, 6.45) is 4.09. The first kappa shape index (κ1) is 25.2. The molecule has 1 aliphatic carbocycles. The van der Waals surface area contributed by atoms with Crippen molar-refractivity contribution >= 4 is 12.6 Å². The first-order chi connectivity index (χ1) is 15.4. The van der Waals surface area contributed by atoms with E-state index in [0.29, 0.717) is 17.4 Å². The fourth-order valence-electron chi connectivity index (χ4n) is 5.16. The summed E-state index contributed by atoms with van der Waals surface area (Å²) in [6.45, 7) is 5.91. The molecule has 6 atom stereocenters. The maximum Gasteiger partial charge on any atom is 0.133 e. The smallest absolute Gasteiger partial charge is 0.133 e. The maximum atomic E-state index is 14.4. The van der Waals surface area contributed by atoms with Gasteiger partial charge in [-0.2, -0.15) is 12.6 Å². The summed E-state index contributed by atoms with van der Waals surface area (Å²) in [5.41, 5.74) is 7.85. The number of hydrogen-bond donors (Lipinski definition) is 3. The average Bonchev–Trinajstić information content (AvgIpc) is 3.61. The van der Waals surface area contributed by atoms with Crippen molar-refractivity contribution in [3.8, 4) is 11.1 Å². The Hall–Kier alpha value is -1.47. The van der Waals surface area contributed by atoms with Crippen molar-refractivity contribution in [2.45, 2.75) is 51.3 Å². The molecule has 0 spiro atoms. The van der Waals surface area contributed by atoms with Crippen LogP contribution in [-0.4, -0.2) is 41.6 Å². The molecule has 0 amide bonds. The molecule has 2 aromatic rings. The van der Waals surface area contributed by atoms with Gasteiger partial charge < -0.3 is 10.8 Å². The quantitative estimate of drug-likeness (QED) is 0.529. The van der Waals surface area contributed by atoms with Crippen LogP contribution in [0.2, 0.25) is 0 Å². The van der Waals surface area contributed by atoms with Gasteiger partial charge in [0.15, 0.2) is 0 Å². The summed E-state index contributed by atoms with van der Waals surface area (Å²) in [5, 5.41) is 11.1. The predicted octanol–water partition coefficient (Wildman–Crippen LogP) is 5.30. The number of halogens is 2. The molecule has 6 unspecified atom stereocenters. The van der Waals surface area contributed by atoms with Crippen LogP contribution in [0, 0.1) is 29.4 Å². The highest BCUT2D eigenvalue weighted by atomic mass is 32.1. The molecular formula is C26H36F2N2OS. The Morgan fingerprint density at radius 2 is 1.75 bits per heavy atom. The summed E-state index contributed by atoms with van der Waals surface area (Å²) >= 11 is 3.53. The molecule has 1 aliphatic heterocycles. The third-order valence-electron chi connectivity index (χ3n) is 7.19. The molecule has 3 nitrogen and oxygen atoms in total. The van der Waals surface area contributed by atoms with E-state index in [9.17, 15) is 13.9 Å². The zero-order valence-electron chi connectivity index (χ0n) is 19.2. The molecule has 0 aromatic heterocycles. The van der Waals surface area contributed by atoms with Gasteiger partial charge in [-0.3, -0.25) is 4.90 Å². The fraction of sp³-hybridized carbons (Fsp3) is 0.538. The highest BCUT2D eigenvalue weighted by Crippen LogP contribution is 2.55. The number of nitrogens with two attached hydrogens (primary N) is 1. The summed E-state index contributed by atoms with van der Waals surface area (Å²) in [6, 6.07) is 11.7. The van der Waals surface area contributed by atoms with Crippen molar-refractivity contribution < 1.29 is 13.9 Å². The third-order valence-corrected chi connectivity index (χ3v) is 7.19. The van der Waals surface area contributed by atoms with Crippen LogP contribution in [0.15, 0.2) is 42.5 Å². The topological polar surface area (TPSA) is 49.5 Å². The zero-order valence-corrected chi connectivity index (χ0v) is 20.1. The summed E-state index contributed by atoms with van der Waals surface area (Å²) in [5.74, 6) is -0.144. The van der Waals surface area contributed by atoms with E-state index in [4.69, 9.17) is 5.73 Å². The molecule has 32 heavy (non-hydrogen) atoms. The van der Waals surface area contributed by atoms with Gasteiger partial charge in [0.25, 0.3) is 0 Å². The standard InChI is InChI=1S/C25H32F2N2O.CH4S/c1-15-14-29(12-6-11-23(15)28)25(30)16(2)19-13-20(19)17-7-3-4-8-18(17)24-21(26)9-5-10-22(24)27;1-2/h3-5,7-10,15-16,19-20,23,25,30H,6,11-14,28H2,1-2H3;2H,1H3. The Balaban J connectivity index is 0.00000141. The van der Waals surface area contributed by atoms with Crippen molar-refractivity contribution in [1.82, 2.24) is 4.90 Å². The summed E-state index contributed by atoms with van der Waals surface area (Å²) < 4.78 is 28.9. The monoisotopic (exact) mass is 462 g/mol. The molecule has 2 aromatic carbocycles. The molecule has 4 rings (SSSR count). The van der Waals surface area contributed by atoms with Crippen LogP contribution >= 0.6 is 12.6 Å². The van der Waals surface area contributed by atoms with Gasteiger partial charge in [0.1, 0.15) is 17.9 Å². The van der Waals surface area contributed by atoms with Gasteiger partial charge in [-0.25, -0.2) is 8.78 Å². The van der Waals surface area contributed by atoms with Crippen LogP contribution < -0.4 is 5.73 Å². The van der Waals surface area contributed by atoms with Gasteiger partial charge in [0.05, 0.1) is 5.56 Å². The number of aliphatic hydroxyl groups is 1. The lowest BCUT2D eigenvalue weighted by atomic mass is 9.92. The molecule has 2 aliphatic rings. The molecule has 0 radical (unpaired) electrons. The number of hydrogen-bond acceptors (Lipinski definition) is 4. The maximum absolute atomic E-state index is 14.4. The van der Waals surface area contributed by atoms with Crippen molar-refractivity contribution in [2.75, 3.05) is 19.3 Å². The fourth-order valence-corrected chi connectivity index (χ4v) is 5.16. The van der Waals surface area contributed by atoms with Crippen molar-refractivity contribution in [3.05, 3.63) is 59.7 Å². The normalized spacial score (nSPS) is 27.6. The Morgan fingerprint density at radius 3 is 2.44 bits per heavy atom. The molecule has 6 heteroatoms. The van der Waals surface area contributed by atoms with Crippen LogP contribution in [0.3, 0.4) is 0 Å². The number of aliphatic hydroxyl groups excluding tert-OH is 1. The minimum atomic E-state index is -0.539. The lowest BCUT2D eigenvalue weighted by Crippen LogP contribution is -2.44. The van der Waals surface area contributed by atoms with Crippen molar-refractivity contribution in [2.24, 2.45) is 23.5 Å². The van der Waals surface area contributed by atoms with Crippen LogP contribution in [0.1, 0.15) is 44.6 Å². The average molecular weight is 463 g/mol. The van der Waals surface area contributed by atoms with Gasteiger partial charge >= 0.3 is 0 Å². The van der Waals surface area contributed by atoms with Gasteiger partial charge in [0, 0.05) is 19.1 Å². The lowest BCUT2D eigenvalue weighted by Gasteiger charge is -2.33. The zero-order chi connectivity index (χ0) is 23.4. The highest BCUT2D eigenvalue weighted by Gasteiger charge is 2.46. The van der Waals surface area contributed by atoms with Crippen molar-refractivity contribution in [1.29, 1.82) is 0 Å². The Morgan fingerprint density at radius 1 is 1.09 bits per heavy atom. The molecule has 2 fully saturated rings. The first-order valence-electron chi connectivity index (χ1n) is 11.5. The molecule has 176 valence electrons. The predicted molar refractivity (Wildman–Crippen MR) is 131 cm³/mol. The Bertz CT molecular complexity index is 876. The SMILES string of the molecule is CC1CN(C(O)C(C)C2CC2c2ccccc2-c2c(F)cccc2F)CCCC1N.CS. The molecule has 0 bridgehead atoms. The Kier molecular flexibility index (Phi) is 8.73. The van der Waals surface area contributed by atoms with E-state index in [2.05, 4.69) is 31.4 Å². The first-order valence-corrected chi connectivity index (χ1v) is 12.4. The molecule has 3 N–H and O–H groups in total. The second-order valence-corrected chi connectivity index (χ2v) is 9.24. The lowest BCUT2D eigenvalue weighted by molar-refractivity contribution is -0.0453. The third kappa shape index (κ3) is 5.36. The van der Waals surface area contributed by atoms with Crippen LogP contribution in [0.5, 0.6) is 0 Å². The molecule has 1 heterocycles. The van der Waals surface area contributed by atoms with E-state index in [-0.39, 0.29) is 23.4 Å². The van der Waals surface area contributed by atoms with Gasteiger partial charge in [-0.05, 0) is 72.4 Å². The second kappa shape index (κ2) is 11.1. The minimum Gasteiger partial charge on any atom is -0.378 e. The number of likely N-dealkylation sites (tertiary alicyclic amines) is 1. The molecule has 1 saturated heterocycles. The number of rotatable bonds is 5. The summed E-state index contributed by atoms with van der Waals surface area (Å²) in [7, 11) is 0. The minimum absolute atomic E-state index is 0.0438. The van der Waals surface area contributed by atoms with Crippen LogP contribution in [0.4, 0.5) is 8.78 Å². The van der Waals surface area contributed by atoms with E-state index in [1.165, 1.54) is 18.2 Å².